The first-order chi connectivity index (χ1) is 10.6. The molecule has 1 amide bonds. The third-order valence-electron chi connectivity index (χ3n) is 3.86. The van der Waals surface area contributed by atoms with E-state index in [-0.39, 0.29) is 17.8 Å². The highest BCUT2D eigenvalue weighted by Gasteiger charge is 2.32. The minimum Gasteiger partial charge on any atom is -0.347 e. The van der Waals surface area contributed by atoms with Gasteiger partial charge in [-0.3, -0.25) is 4.79 Å². The number of nitrogens with two attached hydrogens (primary N) is 1. The minimum absolute atomic E-state index is 0.0447. The number of nitrogens with zero attached hydrogens (tertiary/aromatic N) is 1. The van der Waals surface area contributed by atoms with Crippen LogP contribution in [-0.2, 0) is 0 Å². The Morgan fingerprint density at radius 3 is 2.73 bits per heavy atom. The van der Waals surface area contributed by atoms with Gasteiger partial charge in [0, 0.05) is 18.2 Å². The summed E-state index contributed by atoms with van der Waals surface area (Å²) in [4.78, 5) is 17.4. The van der Waals surface area contributed by atoms with Crippen LogP contribution in [0.25, 0.3) is 10.6 Å². The first-order valence-electron chi connectivity index (χ1n) is 7.32. The predicted octanol–water partition coefficient (Wildman–Crippen LogP) is 2.72. The second-order valence-corrected chi connectivity index (χ2v) is 6.59. The highest BCUT2D eigenvalue weighted by atomic mass is 32.1. The van der Waals surface area contributed by atoms with E-state index in [4.69, 9.17) is 5.73 Å². The molecule has 0 saturated heterocycles. The van der Waals surface area contributed by atoms with Crippen LogP contribution < -0.4 is 11.1 Å². The van der Waals surface area contributed by atoms with Crippen LogP contribution in [0.2, 0.25) is 0 Å². The molecule has 1 aliphatic carbocycles. The number of hydrogen-bond acceptors (Lipinski definition) is 4. The zero-order chi connectivity index (χ0) is 15.7. The van der Waals surface area contributed by atoms with E-state index in [1.807, 2.05) is 6.92 Å². The van der Waals surface area contributed by atoms with Crippen molar-refractivity contribution in [3.63, 3.8) is 0 Å². The molecule has 1 atom stereocenters. The lowest BCUT2D eigenvalue weighted by molar-refractivity contribution is 0.0937. The number of hydrogen-bond donors (Lipinski definition) is 2. The van der Waals surface area contributed by atoms with Crippen LogP contribution in [0.15, 0.2) is 24.3 Å². The number of thiazole rings is 1. The Kier molecular flexibility index (Phi) is 4.22. The molecule has 3 rings (SSSR count). The summed E-state index contributed by atoms with van der Waals surface area (Å²) >= 11 is 1.32. The van der Waals surface area contributed by atoms with E-state index in [0.717, 1.165) is 23.4 Å². The number of aromatic nitrogens is 1. The van der Waals surface area contributed by atoms with Crippen LogP contribution in [0, 0.1) is 18.7 Å². The van der Waals surface area contributed by atoms with Crippen LogP contribution in [0.1, 0.15) is 28.2 Å². The van der Waals surface area contributed by atoms with Gasteiger partial charge in [0.1, 0.15) is 15.7 Å². The van der Waals surface area contributed by atoms with Crippen LogP contribution in [-0.4, -0.2) is 23.5 Å². The van der Waals surface area contributed by atoms with Crippen LogP contribution in [0.5, 0.6) is 0 Å². The number of amides is 1. The van der Waals surface area contributed by atoms with E-state index < -0.39 is 0 Å². The molecule has 1 aromatic heterocycles. The normalized spacial score (nSPS) is 15.6. The molecule has 1 heterocycles. The largest absolute Gasteiger partial charge is 0.347 e. The molecular formula is C16H18FN3OS. The fraction of sp³-hybridized carbons (Fsp3) is 0.375. The number of halogens is 1. The van der Waals surface area contributed by atoms with Crippen molar-refractivity contribution in [2.45, 2.75) is 25.8 Å². The molecule has 3 N–H and O–H groups in total. The molecule has 1 fully saturated rings. The Bertz CT molecular complexity index is 679. The molecule has 0 aliphatic heterocycles. The molecule has 6 heteroatoms. The van der Waals surface area contributed by atoms with E-state index in [1.165, 1.54) is 23.5 Å². The maximum Gasteiger partial charge on any atom is 0.263 e. The Balaban J connectivity index is 1.79. The second-order valence-electron chi connectivity index (χ2n) is 5.59. The molecule has 0 bridgehead atoms. The number of carbonyl (C=O) groups excluding carboxylic acids is 1. The highest BCUT2D eigenvalue weighted by Crippen LogP contribution is 2.33. The molecule has 1 saturated carbocycles. The highest BCUT2D eigenvalue weighted by molar-refractivity contribution is 7.17. The summed E-state index contributed by atoms with van der Waals surface area (Å²) in [6.07, 6.45) is 2.26. The van der Waals surface area contributed by atoms with Gasteiger partial charge in [-0.15, -0.1) is 11.3 Å². The molecule has 1 aromatic carbocycles. The Hall–Kier alpha value is -1.79. The topological polar surface area (TPSA) is 68.0 Å². The molecule has 4 nitrogen and oxygen atoms in total. The van der Waals surface area contributed by atoms with E-state index in [9.17, 15) is 9.18 Å². The third-order valence-corrected chi connectivity index (χ3v) is 5.06. The van der Waals surface area contributed by atoms with Crippen LogP contribution in [0.4, 0.5) is 4.39 Å². The quantitative estimate of drug-likeness (QED) is 0.890. The summed E-state index contributed by atoms with van der Waals surface area (Å²) in [6.45, 7) is 2.27. The first kappa shape index (κ1) is 15.1. The number of benzene rings is 1. The van der Waals surface area contributed by atoms with Gasteiger partial charge in [0.15, 0.2) is 0 Å². The van der Waals surface area contributed by atoms with Gasteiger partial charge in [-0.1, -0.05) is 0 Å². The summed E-state index contributed by atoms with van der Waals surface area (Å²) in [7, 11) is 0. The maximum atomic E-state index is 13.0. The number of nitrogens with one attached hydrogen (secondary N) is 1. The van der Waals surface area contributed by atoms with Crippen molar-refractivity contribution in [2.24, 2.45) is 11.7 Å². The van der Waals surface area contributed by atoms with Crippen LogP contribution in [0.3, 0.4) is 0 Å². The van der Waals surface area contributed by atoms with E-state index in [1.54, 1.807) is 12.1 Å². The predicted molar refractivity (Wildman–Crippen MR) is 85.3 cm³/mol. The number of rotatable bonds is 5. The van der Waals surface area contributed by atoms with Crippen molar-refractivity contribution in [1.29, 1.82) is 0 Å². The fourth-order valence-corrected chi connectivity index (χ4v) is 3.40. The van der Waals surface area contributed by atoms with Crippen LogP contribution >= 0.6 is 11.3 Å². The van der Waals surface area contributed by atoms with Gasteiger partial charge in [-0.25, -0.2) is 9.37 Å². The number of aryl methyl sites for hydroxylation is 1. The molecule has 2 aromatic rings. The van der Waals surface area contributed by atoms with Crippen molar-refractivity contribution in [1.82, 2.24) is 10.3 Å². The van der Waals surface area contributed by atoms with Gasteiger partial charge in [0.05, 0.1) is 5.69 Å². The van der Waals surface area contributed by atoms with Gasteiger partial charge in [-0.05, 0) is 49.9 Å². The van der Waals surface area contributed by atoms with Gasteiger partial charge >= 0.3 is 0 Å². The Morgan fingerprint density at radius 1 is 1.45 bits per heavy atom. The average Bonchev–Trinajstić information content (AvgIpc) is 3.27. The lowest BCUT2D eigenvalue weighted by atomic mass is 10.2. The second kappa shape index (κ2) is 6.14. The smallest absolute Gasteiger partial charge is 0.263 e. The van der Waals surface area contributed by atoms with Gasteiger partial charge in [0.2, 0.25) is 0 Å². The van der Waals surface area contributed by atoms with Gasteiger partial charge < -0.3 is 11.1 Å². The Morgan fingerprint density at radius 2 is 2.14 bits per heavy atom. The van der Waals surface area contributed by atoms with Gasteiger partial charge in [0.25, 0.3) is 5.91 Å². The maximum absolute atomic E-state index is 13.0. The molecule has 0 radical (unpaired) electrons. The van der Waals surface area contributed by atoms with Crippen molar-refractivity contribution in [3.8, 4) is 10.6 Å². The number of carbonyl (C=O) groups is 1. The van der Waals surface area contributed by atoms with Crippen molar-refractivity contribution in [3.05, 3.63) is 40.7 Å². The standard InChI is InChI=1S/C16H18FN3OS/c1-9-14(15(21)20-13(8-18)10-2-3-10)22-16(19-9)11-4-6-12(17)7-5-11/h4-7,10,13H,2-3,8,18H2,1H3,(H,20,21). The molecule has 116 valence electrons. The molecule has 0 spiro atoms. The third kappa shape index (κ3) is 3.18. The fourth-order valence-electron chi connectivity index (χ4n) is 2.42. The summed E-state index contributed by atoms with van der Waals surface area (Å²) in [6, 6.07) is 6.17. The van der Waals surface area contributed by atoms with Crippen molar-refractivity contribution in [2.75, 3.05) is 6.54 Å². The minimum atomic E-state index is -0.287. The Labute approximate surface area is 132 Å². The first-order valence-corrected chi connectivity index (χ1v) is 8.14. The molecule has 1 unspecified atom stereocenters. The van der Waals surface area contributed by atoms with Crippen molar-refractivity contribution >= 4 is 17.2 Å². The SMILES string of the molecule is Cc1nc(-c2ccc(F)cc2)sc1C(=O)NC(CN)C1CC1. The monoisotopic (exact) mass is 319 g/mol. The van der Waals surface area contributed by atoms with E-state index >= 15 is 0 Å². The molecular weight excluding hydrogens is 301 g/mol. The zero-order valence-corrected chi connectivity index (χ0v) is 13.1. The lowest BCUT2D eigenvalue weighted by Crippen LogP contribution is -2.41. The summed E-state index contributed by atoms with van der Waals surface area (Å²) in [5.41, 5.74) is 7.23. The van der Waals surface area contributed by atoms with Gasteiger partial charge in [-0.2, -0.15) is 0 Å². The summed E-state index contributed by atoms with van der Waals surface area (Å²) in [5.74, 6) is 0.106. The lowest BCUT2D eigenvalue weighted by Gasteiger charge is -2.15. The van der Waals surface area contributed by atoms with Crippen molar-refractivity contribution < 1.29 is 9.18 Å². The molecule has 1 aliphatic rings. The van der Waals surface area contributed by atoms with E-state index in [0.29, 0.717) is 23.0 Å². The summed E-state index contributed by atoms with van der Waals surface area (Å²) in [5, 5.41) is 3.73. The van der Waals surface area contributed by atoms with E-state index in [2.05, 4.69) is 10.3 Å². The molecule has 22 heavy (non-hydrogen) atoms. The zero-order valence-electron chi connectivity index (χ0n) is 12.3. The average molecular weight is 319 g/mol. The summed E-state index contributed by atoms with van der Waals surface area (Å²) < 4.78 is 13.0.